The number of rotatable bonds is 2. The van der Waals surface area contributed by atoms with Crippen molar-refractivity contribution in [3.63, 3.8) is 0 Å². The molecule has 0 aromatic heterocycles. The van der Waals surface area contributed by atoms with Crippen LogP contribution in [0.1, 0.15) is 46.5 Å². The van der Waals surface area contributed by atoms with Crippen molar-refractivity contribution in [2.75, 3.05) is 0 Å². The van der Waals surface area contributed by atoms with Crippen molar-refractivity contribution in [3.8, 4) is 5.75 Å². The SMILES string of the molecule is C[C@H]1C(Oc2ccccc2)O[C@@H]2OC(C)(O)CCC3[C@H](C)CCC1[C@]32O. The lowest BCUT2D eigenvalue weighted by molar-refractivity contribution is -0.398. The summed E-state index contributed by atoms with van der Waals surface area (Å²) in [6.07, 6.45) is 1.80. The number of para-hydroxylation sites is 1. The number of hydrogen-bond acceptors (Lipinski definition) is 5. The molecule has 3 aliphatic rings. The second kappa shape index (κ2) is 6.48. The lowest BCUT2D eigenvalue weighted by atomic mass is 9.58. The van der Waals surface area contributed by atoms with Crippen LogP contribution in [0.4, 0.5) is 0 Å². The first kappa shape index (κ1) is 18.2. The normalized spacial score (nSPS) is 48.3. The minimum Gasteiger partial charge on any atom is -0.465 e. The van der Waals surface area contributed by atoms with E-state index in [0.717, 1.165) is 25.0 Å². The van der Waals surface area contributed by atoms with Gasteiger partial charge >= 0.3 is 0 Å². The van der Waals surface area contributed by atoms with Gasteiger partial charge in [-0.3, -0.25) is 0 Å². The molecule has 0 radical (unpaired) electrons. The van der Waals surface area contributed by atoms with Gasteiger partial charge in [0.1, 0.15) is 11.4 Å². The molecule has 4 unspecified atom stereocenters. The van der Waals surface area contributed by atoms with E-state index in [1.807, 2.05) is 30.3 Å². The van der Waals surface area contributed by atoms with Crippen molar-refractivity contribution >= 4 is 0 Å². The highest BCUT2D eigenvalue weighted by molar-refractivity contribution is 5.21. The summed E-state index contributed by atoms with van der Waals surface area (Å²) in [6, 6.07) is 9.57. The maximum Gasteiger partial charge on any atom is 0.205 e. The van der Waals surface area contributed by atoms with E-state index in [2.05, 4.69) is 13.8 Å². The first-order chi connectivity index (χ1) is 12.3. The van der Waals surface area contributed by atoms with Crippen molar-refractivity contribution in [1.29, 1.82) is 0 Å². The molecule has 26 heavy (non-hydrogen) atoms. The largest absolute Gasteiger partial charge is 0.465 e. The average molecular weight is 362 g/mol. The molecule has 2 saturated heterocycles. The molecule has 8 atom stereocenters. The fourth-order valence-corrected chi connectivity index (χ4v) is 5.30. The van der Waals surface area contributed by atoms with Crippen LogP contribution < -0.4 is 4.74 Å². The van der Waals surface area contributed by atoms with E-state index < -0.39 is 24.0 Å². The smallest absolute Gasteiger partial charge is 0.205 e. The van der Waals surface area contributed by atoms with Gasteiger partial charge in [-0.1, -0.05) is 32.0 Å². The summed E-state index contributed by atoms with van der Waals surface area (Å²) in [7, 11) is 0. The molecule has 1 saturated carbocycles. The topological polar surface area (TPSA) is 68.2 Å². The van der Waals surface area contributed by atoms with Crippen molar-refractivity contribution in [1.82, 2.24) is 0 Å². The van der Waals surface area contributed by atoms with E-state index in [0.29, 0.717) is 12.3 Å². The molecule has 4 rings (SSSR count). The van der Waals surface area contributed by atoms with Gasteiger partial charge in [-0.2, -0.15) is 0 Å². The second-order valence-corrected chi connectivity index (χ2v) is 8.61. The van der Waals surface area contributed by atoms with Crippen molar-refractivity contribution in [2.24, 2.45) is 23.7 Å². The van der Waals surface area contributed by atoms with E-state index in [1.54, 1.807) is 6.92 Å². The van der Waals surface area contributed by atoms with Crippen LogP contribution in [0.2, 0.25) is 0 Å². The molecule has 3 fully saturated rings. The van der Waals surface area contributed by atoms with Crippen LogP contribution in [0.5, 0.6) is 5.75 Å². The molecule has 5 heteroatoms. The Morgan fingerprint density at radius 3 is 2.50 bits per heavy atom. The predicted molar refractivity (Wildman–Crippen MR) is 96.2 cm³/mol. The maximum atomic E-state index is 11.8. The van der Waals surface area contributed by atoms with Gasteiger partial charge in [-0.15, -0.1) is 0 Å². The predicted octanol–water partition coefficient (Wildman–Crippen LogP) is 3.30. The Balaban J connectivity index is 1.67. The third-order valence-corrected chi connectivity index (χ3v) is 6.78. The van der Waals surface area contributed by atoms with Crippen molar-refractivity contribution in [2.45, 2.75) is 70.4 Å². The van der Waals surface area contributed by atoms with Gasteiger partial charge in [0.15, 0.2) is 12.1 Å². The molecule has 0 spiro atoms. The average Bonchev–Trinajstić information content (AvgIpc) is 2.69. The van der Waals surface area contributed by atoms with Crippen LogP contribution in [0, 0.1) is 23.7 Å². The maximum absolute atomic E-state index is 11.8. The third-order valence-electron chi connectivity index (χ3n) is 6.78. The zero-order chi connectivity index (χ0) is 18.5. The molecule has 5 nitrogen and oxygen atoms in total. The lowest BCUT2D eigenvalue weighted by Gasteiger charge is -2.57. The van der Waals surface area contributed by atoms with Crippen LogP contribution >= 0.6 is 0 Å². The summed E-state index contributed by atoms with van der Waals surface area (Å²) in [6.45, 7) is 5.93. The Kier molecular flexibility index (Phi) is 4.55. The molecule has 2 aliphatic heterocycles. The molecule has 1 aliphatic carbocycles. The zero-order valence-electron chi connectivity index (χ0n) is 15.8. The minimum absolute atomic E-state index is 0.0186. The number of aliphatic hydroxyl groups is 2. The molecular weight excluding hydrogens is 332 g/mol. The third kappa shape index (κ3) is 2.95. The summed E-state index contributed by atoms with van der Waals surface area (Å²) in [5.74, 6) is -0.0991. The van der Waals surface area contributed by atoms with Gasteiger partial charge in [0, 0.05) is 18.3 Å². The Morgan fingerprint density at radius 2 is 1.77 bits per heavy atom. The molecule has 1 aromatic rings. The van der Waals surface area contributed by atoms with Crippen LogP contribution in [0.25, 0.3) is 0 Å². The van der Waals surface area contributed by atoms with Crippen molar-refractivity contribution in [3.05, 3.63) is 30.3 Å². The van der Waals surface area contributed by atoms with E-state index in [4.69, 9.17) is 14.2 Å². The monoisotopic (exact) mass is 362 g/mol. The number of benzene rings is 1. The lowest BCUT2D eigenvalue weighted by Crippen LogP contribution is -2.67. The minimum atomic E-state index is -1.31. The second-order valence-electron chi connectivity index (χ2n) is 8.61. The zero-order valence-corrected chi connectivity index (χ0v) is 15.8. The van der Waals surface area contributed by atoms with Crippen LogP contribution in [-0.4, -0.2) is 34.2 Å². The van der Waals surface area contributed by atoms with Gasteiger partial charge in [0.2, 0.25) is 6.29 Å². The van der Waals surface area contributed by atoms with E-state index >= 15 is 0 Å². The summed E-state index contributed by atoms with van der Waals surface area (Å²) in [5.41, 5.74) is -1.09. The van der Waals surface area contributed by atoms with E-state index in [-0.39, 0.29) is 17.8 Å². The first-order valence-corrected chi connectivity index (χ1v) is 9.81. The molecular formula is C21H30O5. The highest BCUT2D eigenvalue weighted by Crippen LogP contribution is 2.55. The van der Waals surface area contributed by atoms with Gasteiger partial charge in [0.05, 0.1) is 0 Å². The summed E-state index contributed by atoms with van der Waals surface area (Å²) in [5, 5.41) is 22.4. The summed E-state index contributed by atoms with van der Waals surface area (Å²) < 4.78 is 18.2. The fraction of sp³-hybridized carbons (Fsp3) is 0.714. The van der Waals surface area contributed by atoms with Crippen LogP contribution in [-0.2, 0) is 9.47 Å². The number of hydrogen-bond donors (Lipinski definition) is 2. The first-order valence-electron chi connectivity index (χ1n) is 9.81. The number of ether oxygens (including phenoxy) is 3. The molecule has 0 bridgehead atoms. The van der Waals surface area contributed by atoms with Crippen LogP contribution in [0.3, 0.4) is 0 Å². The Hall–Kier alpha value is -1.14. The molecule has 2 heterocycles. The van der Waals surface area contributed by atoms with E-state index in [9.17, 15) is 10.2 Å². The van der Waals surface area contributed by atoms with Crippen molar-refractivity contribution < 1.29 is 24.4 Å². The molecule has 0 amide bonds. The quantitative estimate of drug-likeness (QED) is 0.845. The standard InChI is InChI=1S/C21H30O5/c1-13-9-10-17-14(2)18(24-15-7-5-4-6-8-15)25-19-21(17,23)16(13)11-12-20(3,22)26-19/h4-8,13-14,16-19,22-23H,9-12H2,1-3H3/t13-,14-,16?,17?,18?,19-,20?,21-/m1/s1. The highest BCUT2D eigenvalue weighted by Gasteiger charge is 2.63. The van der Waals surface area contributed by atoms with Gasteiger partial charge in [-0.25, -0.2) is 0 Å². The summed E-state index contributed by atoms with van der Waals surface area (Å²) in [4.78, 5) is 0. The molecule has 144 valence electrons. The van der Waals surface area contributed by atoms with Gasteiger partial charge in [0.25, 0.3) is 0 Å². The Bertz CT molecular complexity index is 633. The Morgan fingerprint density at radius 1 is 1.04 bits per heavy atom. The summed E-state index contributed by atoms with van der Waals surface area (Å²) >= 11 is 0. The highest BCUT2D eigenvalue weighted by atomic mass is 16.8. The van der Waals surface area contributed by atoms with Gasteiger partial charge < -0.3 is 24.4 Å². The van der Waals surface area contributed by atoms with Gasteiger partial charge in [-0.05, 0) is 50.2 Å². The molecule has 2 N–H and O–H groups in total. The van der Waals surface area contributed by atoms with Crippen LogP contribution in [0.15, 0.2) is 30.3 Å². The molecule has 1 aromatic carbocycles. The van der Waals surface area contributed by atoms with E-state index in [1.165, 1.54) is 0 Å². The Labute approximate surface area is 155 Å². The fourth-order valence-electron chi connectivity index (χ4n) is 5.30.